The van der Waals surface area contributed by atoms with Gasteiger partial charge in [0.25, 0.3) is 5.91 Å². The molecule has 5 nitrogen and oxygen atoms in total. The van der Waals surface area contributed by atoms with Crippen LogP contribution in [0, 0.1) is 5.82 Å². The summed E-state index contributed by atoms with van der Waals surface area (Å²) in [6, 6.07) is 9.12. The Morgan fingerprint density at radius 2 is 2.04 bits per heavy atom. The summed E-state index contributed by atoms with van der Waals surface area (Å²) in [6.45, 7) is 1.78. The molecule has 1 amide bonds. The van der Waals surface area contributed by atoms with Crippen LogP contribution in [0.25, 0.3) is 0 Å². The van der Waals surface area contributed by atoms with E-state index in [0.29, 0.717) is 27.4 Å². The monoisotopic (exact) mass is 381 g/mol. The van der Waals surface area contributed by atoms with E-state index in [0.717, 1.165) is 0 Å². The molecule has 1 atom stereocenters. The molecular weight excluding hydrogens is 369 g/mol. The highest BCUT2D eigenvalue weighted by Gasteiger charge is 2.18. The van der Waals surface area contributed by atoms with Crippen molar-refractivity contribution in [2.75, 3.05) is 12.1 Å². The molecule has 7 heteroatoms. The molecule has 0 saturated carbocycles. The van der Waals surface area contributed by atoms with E-state index in [4.69, 9.17) is 14.2 Å². The Hall–Kier alpha value is -2.28. The minimum Gasteiger partial charge on any atom is -0.480 e. The van der Waals surface area contributed by atoms with Crippen LogP contribution in [0.1, 0.15) is 6.92 Å². The maximum atomic E-state index is 13.1. The standard InChI is InChI=1S/C16H13BrFNO4/c1-9(23-13-4-2-10(18)6-12(13)17)16(20)19-11-3-5-14-15(7-11)22-8-21-14/h2-7,9H,8H2,1H3,(H,19,20). The largest absolute Gasteiger partial charge is 0.480 e. The van der Waals surface area contributed by atoms with Gasteiger partial charge in [-0.15, -0.1) is 0 Å². The molecule has 1 aliphatic heterocycles. The van der Waals surface area contributed by atoms with Crippen LogP contribution in [-0.4, -0.2) is 18.8 Å². The Morgan fingerprint density at radius 3 is 2.83 bits per heavy atom. The third kappa shape index (κ3) is 3.56. The van der Waals surface area contributed by atoms with Crippen LogP contribution in [0.3, 0.4) is 0 Å². The summed E-state index contributed by atoms with van der Waals surface area (Å²) in [5.74, 6) is 0.890. The summed E-state index contributed by atoms with van der Waals surface area (Å²) in [4.78, 5) is 12.2. The third-order valence-electron chi connectivity index (χ3n) is 3.21. The van der Waals surface area contributed by atoms with Crippen molar-refractivity contribution in [3.63, 3.8) is 0 Å². The molecule has 1 unspecified atom stereocenters. The molecule has 23 heavy (non-hydrogen) atoms. The van der Waals surface area contributed by atoms with Crippen LogP contribution in [0.5, 0.6) is 17.2 Å². The highest BCUT2D eigenvalue weighted by atomic mass is 79.9. The van der Waals surface area contributed by atoms with Gasteiger partial charge in [0.2, 0.25) is 6.79 Å². The fourth-order valence-electron chi connectivity index (χ4n) is 2.03. The predicted molar refractivity (Wildman–Crippen MR) is 85.4 cm³/mol. The zero-order valence-electron chi connectivity index (χ0n) is 12.1. The van der Waals surface area contributed by atoms with Crippen molar-refractivity contribution >= 4 is 27.5 Å². The van der Waals surface area contributed by atoms with E-state index in [-0.39, 0.29) is 18.5 Å². The summed E-state index contributed by atoms with van der Waals surface area (Å²) >= 11 is 3.20. The Kier molecular flexibility index (Phi) is 4.38. The number of benzene rings is 2. The van der Waals surface area contributed by atoms with E-state index in [9.17, 15) is 9.18 Å². The number of fused-ring (bicyclic) bond motifs is 1. The number of rotatable bonds is 4. The number of hydrogen-bond acceptors (Lipinski definition) is 4. The van der Waals surface area contributed by atoms with Crippen molar-refractivity contribution in [1.29, 1.82) is 0 Å². The van der Waals surface area contributed by atoms with Crippen molar-refractivity contribution in [3.05, 3.63) is 46.7 Å². The second-order valence-electron chi connectivity index (χ2n) is 4.89. The van der Waals surface area contributed by atoms with Gasteiger partial charge < -0.3 is 19.5 Å². The molecule has 0 radical (unpaired) electrons. The SMILES string of the molecule is CC(Oc1ccc(F)cc1Br)C(=O)Nc1ccc2c(c1)OCO2. The smallest absolute Gasteiger partial charge is 0.265 e. The number of hydrogen-bond donors (Lipinski definition) is 1. The second-order valence-corrected chi connectivity index (χ2v) is 5.75. The molecule has 0 spiro atoms. The minimum absolute atomic E-state index is 0.171. The van der Waals surface area contributed by atoms with Gasteiger partial charge in [-0.3, -0.25) is 4.79 Å². The first-order chi connectivity index (χ1) is 11.0. The van der Waals surface area contributed by atoms with Crippen LogP contribution >= 0.6 is 15.9 Å². The quantitative estimate of drug-likeness (QED) is 0.876. The highest BCUT2D eigenvalue weighted by Crippen LogP contribution is 2.34. The van der Waals surface area contributed by atoms with Gasteiger partial charge in [0.05, 0.1) is 4.47 Å². The van der Waals surface area contributed by atoms with Crippen LogP contribution in [0.15, 0.2) is 40.9 Å². The van der Waals surface area contributed by atoms with Crippen LogP contribution in [0.4, 0.5) is 10.1 Å². The summed E-state index contributed by atoms with van der Waals surface area (Å²) in [5.41, 5.74) is 0.577. The van der Waals surface area contributed by atoms with Gasteiger partial charge in [-0.05, 0) is 53.2 Å². The van der Waals surface area contributed by atoms with Crippen LogP contribution in [0.2, 0.25) is 0 Å². The van der Waals surface area contributed by atoms with E-state index in [2.05, 4.69) is 21.2 Å². The zero-order chi connectivity index (χ0) is 16.4. The molecule has 1 N–H and O–H groups in total. The average molecular weight is 382 g/mol. The average Bonchev–Trinajstić information content (AvgIpc) is 2.97. The number of halogens is 2. The molecule has 1 aliphatic rings. The molecule has 2 aromatic rings. The van der Waals surface area contributed by atoms with Crippen molar-refractivity contribution < 1.29 is 23.4 Å². The van der Waals surface area contributed by atoms with Crippen LogP contribution in [-0.2, 0) is 4.79 Å². The lowest BCUT2D eigenvalue weighted by Gasteiger charge is -2.16. The van der Waals surface area contributed by atoms with E-state index in [1.807, 2.05) is 0 Å². The number of anilines is 1. The van der Waals surface area contributed by atoms with E-state index in [1.54, 1.807) is 25.1 Å². The van der Waals surface area contributed by atoms with Crippen molar-refractivity contribution in [3.8, 4) is 17.2 Å². The lowest BCUT2D eigenvalue weighted by Crippen LogP contribution is -2.30. The number of nitrogens with one attached hydrogen (secondary N) is 1. The first-order valence-electron chi connectivity index (χ1n) is 6.85. The minimum atomic E-state index is -0.762. The van der Waals surface area contributed by atoms with Gasteiger partial charge in [-0.25, -0.2) is 4.39 Å². The molecule has 0 fully saturated rings. The molecule has 2 aromatic carbocycles. The van der Waals surface area contributed by atoms with Gasteiger partial charge in [-0.1, -0.05) is 0 Å². The summed E-state index contributed by atoms with van der Waals surface area (Å²) in [6.07, 6.45) is -0.762. The number of carbonyl (C=O) groups is 1. The van der Waals surface area contributed by atoms with Gasteiger partial charge >= 0.3 is 0 Å². The molecule has 0 saturated heterocycles. The third-order valence-corrected chi connectivity index (χ3v) is 3.83. The summed E-state index contributed by atoms with van der Waals surface area (Å²) < 4.78 is 29.5. The molecule has 0 aromatic heterocycles. The highest BCUT2D eigenvalue weighted by molar-refractivity contribution is 9.10. The molecule has 3 rings (SSSR count). The Balaban J connectivity index is 1.65. The molecule has 0 bridgehead atoms. The lowest BCUT2D eigenvalue weighted by molar-refractivity contribution is -0.122. The first kappa shape index (κ1) is 15.6. The van der Waals surface area contributed by atoms with Gasteiger partial charge in [-0.2, -0.15) is 0 Å². The molecule has 0 aliphatic carbocycles. The second kappa shape index (κ2) is 6.45. The fourth-order valence-corrected chi connectivity index (χ4v) is 2.48. The lowest BCUT2D eigenvalue weighted by atomic mass is 10.2. The maximum Gasteiger partial charge on any atom is 0.265 e. The first-order valence-corrected chi connectivity index (χ1v) is 7.64. The van der Waals surface area contributed by atoms with E-state index in [1.165, 1.54) is 18.2 Å². The maximum absolute atomic E-state index is 13.1. The van der Waals surface area contributed by atoms with Gasteiger partial charge in [0.15, 0.2) is 17.6 Å². The summed E-state index contributed by atoms with van der Waals surface area (Å²) in [5, 5.41) is 2.73. The number of ether oxygens (including phenoxy) is 3. The number of amides is 1. The van der Waals surface area contributed by atoms with Gasteiger partial charge in [0, 0.05) is 11.8 Å². The normalized spacial score (nSPS) is 13.5. The Labute approximate surface area is 140 Å². The molecule has 120 valence electrons. The van der Waals surface area contributed by atoms with Gasteiger partial charge in [0.1, 0.15) is 11.6 Å². The summed E-state index contributed by atoms with van der Waals surface area (Å²) in [7, 11) is 0. The van der Waals surface area contributed by atoms with Crippen molar-refractivity contribution in [2.45, 2.75) is 13.0 Å². The van der Waals surface area contributed by atoms with E-state index >= 15 is 0 Å². The van der Waals surface area contributed by atoms with Crippen molar-refractivity contribution in [2.24, 2.45) is 0 Å². The Bertz CT molecular complexity index is 753. The predicted octanol–water partition coefficient (Wildman–Crippen LogP) is 3.72. The Morgan fingerprint density at radius 1 is 1.26 bits per heavy atom. The van der Waals surface area contributed by atoms with E-state index < -0.39 is 6.10 Å². The zero-order valence-corrected chi connectivity index (χ0v) is 13.7. The fraction of sp³-hybridized carbons (Fsp3) is 0.188. The number of carbonyl (C=O) groups excluding carboxylic acids is 1. The topological polar surface area (TPSA) is 56.8 Å². The molecule has 1 heterocycles. The van der Waals surface area contributed by atoms with Crippen LogP contribution < -0.4 is 19.5 Å². The molecular formula is C16H13BrFNO4. The van der Waals surface area contributed by atoms with Crippen molar-refractivity contribution in [1.82, 2.24) is 0 Å².